The molecule has 2 saturated heterocycles. The summed E-state index contributed by atoms with van der Waals surface area (Å²) in [6, 6.07) is 14.1. The lowest BCUT2D eigenvalue weighted by Crippen LogP contribution is -2.47. The molecule has 2 amide bonds. The summed E-state index contributed by atoms with van der Waals surface area (Å²) in [7, 11) is 0. The third-order valence-electron chi connectivity index (χ3n) is 12.4. The first-order chi connectivity index (χ1) is 27.2. The lowest BCUT2D eigenvalue weighted by molar-refractivity contribution is -0.134. The Morgan fingerprint density at radius 3 is 2.54 bits per heavy atom. The number of nitrogen functional groups attached to an aromatic ring is 1. The van der Waals surface area contributed by atoms with Crippen LogP contribution in [0.25, 0.3) is 22.5 Å². The van der Waals surface area contributed by atoms with Crippen LogP contribution in [0.5, 0.6) is 0 Å². The third-order valence-corrected chi connectivity index (χ3v) is 12.4. The zero-order valence-electron chi connectivity index (χ0n) is 31.7. The van der Waals surface area contributed by atoms with E-state index in [1.807, 2.05) is 22.9 Å². The van der Waals surface area contributed by atoms with Gasteiger partial charge in [0, 0.05) is 61.2 Å². The molecule has 56 heavy (non-hydrogen) atoms. The molecule has 1 aromatic carbocycles. The smallest absolute Gasteiger partial charge is 0.234 e. The molecule has 1 unspecified atom stereocenters. The SMILES string of the molecule is CC1(Nc2cc(-n3ncc4cc(C#N)c(N)nc43)ncc2-n2cc(C3CCC(CCN4CCN(c5ccc(C6CCC(=O)NC6=O)cc5)CC4)CC3)nn2)CC1. The average molecular weight is 754 g/mol. The van der Waals surface area contributed by atoms with Gasteiger partial charge in [0.15, 0.2) is 11.5 Å². The predicted molar refractivity (Wildman–Crippen MR) is 212 cm³/mol. The minimum atomic E-state index is -0.243. The fraction of sp³-hybridized carbons (Fsp3) is 0.463. The van der Waals surface area contributed by atoms with Crippen molar-refractivity contribution in [3.63, 3.8) is 0 Å². The zero-order valence-corrected chi connectivity index (χ0v) is 31.7. The van der Waals surface area contributed by atoms with Crippen molar-refractivity contribution in [3.8, 4) is 17.6 Å². The van der Waals surface area contributed by atoms with Gasteiger partial charge in [-0.1, -0.05) is 17.3 Å². The number of hydrogen-bond donors (Lipinski definition) is 3. The molecule has 288 valence electrons. The van der Waals surface area contributed by atoms with Crippen LogP contribution in [0.4, 0.5) is 17.2 Å². The summed E-state index contributed by atoms with van der Waals surface area (Å²) in [5.74, 6) is 1.26. The maximum Gasteiger partial charge on any atom is 0.234 e. The van der Waals surface area contributed by atoms with E-state index in [1.165, 1.54) is 24.9 Å². The Morgan fingerprint density at radius 2 is 1.80 bits per heavy atom. The van der Waals surface area contributed by atoms with E-state index >= 15 is 0 Å². The standard InChI is InChI=1S/C41H47N13O2/c1-41(13-14-41)48-33-21-36(54-39-30(23-45-54)20-29(22-42)38(43)47-39)44-24-35(33)53-25-34(49-50-53)28-4-2-26(3-5-28)12-15-51-16-18-52(19-17-51)31-8-6-27(7-9-31)32-10-11-37(55)46-40(32)56/h6-9,20-21,23-26,28,32H,2-5,10-19H2,1H3,(H2,43,47)(H,44,48)(H,46,55,56). The van der Waals surface area contributed by atoms with E-state index in [9.17, 15) is 14.9 Å². The van der Waals surface area contributed by atoms with Crippen molar-refractivity contribution >= 4 is 40.0 Å². The van der Waals surface area contributed by atoms with E-state index in [0.29, 0.717) is 41.2 Å². The molecule has 9 rings (SSSR count). The van der Waals surface area contributed by atoms with Crippen LogP contribution in [0.15, 0.2) is 55.0 Å². The maximum atomic E-state index is 12.3. The van der Waals surface area contributed by atoms with E-state index in [0.717, 1.165) is 87.0 Å². The largest absolute Gasteiger partial charge is 0.383 e. The van der Waals surface area contributed by atoms with Crippen molar-refractivity contribution in [1.82, 2.24) is 45.0 Å². The zero-order chi connectivity index (χ0) is 38.4. The highest BCUT2D eigenvalue weighted by Crippen LogP contribution is 2.41. The summed E-state index contributed by atoms with van der Waals surface area (Å²) in [5.41, 5.74) is 11.8. The molecule has 15 nitrogen and oxygen atoms in total. The molecule has 4 fully saturated rings. The fourth-order valence-electron chi connectivity index (χ4n) is 8.55. The van der Waals surface area contributed by atoms with E-state index in [-0.39, 0.29) is 29.1 Å². The fourth-order valence-corrected chi connectivity index (χ4v) is 8.55. The van der Waals surface area contributed by atoms with Crippen LogP contribution >= 0.6 is 0 Å². The number of piperazine rings is 1. The topological polar surface area (TPSA) is 189 Å². The number of nitriles is 1. The number of fused-ring (bicyclic) bond motifs is 1. The molecule has 0 radical (unpaired) electrons. The Kier molecular flexibility index (Phi) is 9.36. The Morgan fingerprint density at radius 1 is 1.02 bits per heavy atom. The first-order valence-corrected chi connectivity index (χ1v) is 19.9. The minimum absolute atomic E-state index is 0.00653. The van der Waals surface area contributed by atoms with Crippen LogP contribution in [-0.2, 0) is 9.59 Å². The molecule has 4 N–H and O–H groups in total. The van der Waals surface area contributed by atoms with Crippen LogP contribution in [0.3, 0.4) is 0 Å². The Bertz CT molecular complexity index is 2310. The third kappa shape index (κ3) is 7.28. The molecule has 2 saturated carbocycles. The molecule has 1 atom stereocenters. The Hall–Kier alpha value is -5.88. The van der Waals surface area contributed by atoms with Gasteiger partial charge < -0.3 is 16.0 Å². The summed E-state index contributed by atoms with van der Waals surface area (Å²) in [5, 5.41) is 30.1. The summed E-state index contributed by atoms with van der Waals surface area (Å²) in [6.45, 7) is 7.42. The number of rotatable bonds is 10. The lowest BCUT2D eigenvalue weighted by atomic mass is 9.79. The van der Waals surface area contributed by atoms with Gasteiger partial charge in [0.2, 0.25) is 11.8 Å². The summed E-state index contributed by atoms with van der Waals surface area (Å²) >= 11 is 0. The number of piperidine rings is 1. The first kappa shape index (κ1) is 35.8. The number of anilines is 3. The molecular weight excluding hydrogens is 707 g/mol. The van der Waals surface area contributed by atoms with Gasteiger partial charge in [0.25, 0.3) is 0 Å². The number of aromatic nitrogens is 7. The highest BCUT2D eigenvalue weighted by atomic mass is 16.2. The number of nitrogens with one attached hydrogen (secondary N) is 2. The van der Waals surface area contributed by atoms with Crippen molar-refractivity contribution in [3.05, 3.63) is 71.8 Å². The number of imide groups is 1. The van der Waals surface area contributed by atoms with Gasteiger partial charge in [0.1, 0.15) is 17.6 Å². The van der Waals surface area contributed by atoms with Gasteiger partial charge in [0.05, 0.1) is 41.5 Å². The van der Waals surface area contributed by atoms with Crippen molar-refractivity contribution in [2.24, 2.45) is 5.92 Å². The van der Waals surface area contributed by atoms with Crippen LogP contribution in [0.2, 0.25) is 0 Å². The number of nitrogens with two attached hydrogens (primary N) is 1. The van der Waals surface area contributed by atoms with Crippen molar-refractivity contribution < 1.29 is 9.59 Å². The number of hydrogen-bond acceptors (Lipinski definition) is 12. The minimum Gasteiger partial charge on any atom is -0.383 e. The highest BCUT2D eigenvalue weighted by Gasteiger charge is 2.38. The number of benzene rings is 1. The lowest BCUT2D eigenvalue weighted by Gasteiger charge is -2.37. The number of amides is 2. The second-order valence-corrected chi connectivity index (χ2v) is 16.3. The normalized spacial score (nSPS) is 22.5. The van der Waals surface area contributed by atoms with Crippen LogP contribution in [0, 0.1) is 17.2 Å². The predicted octanol–water partition coefficient (Wildman–Crippen LogP) is 4.82. The van der Waals surface area contributed by atoms with Gasteiger partial charge in [-0.05, 0) is 94.5 Å². The van der Waals surface area contributed by atoms with E-state index < -0.39 is 0 Å². The van der Waals surface area contributed by atoms with E-state index in [1.54, 1.807) is 23.1 Å². The maximum absolute atomic E-state index is 12.3. The quantitative estimate of drug-likeness (QED) is 0.165. The van der Waals surface area contributed by atoms with Crippen molar-refractivity contribution in [2.45, 2.75) is 82.1 Å². The molecule has 2 aliphatic heterocycles. The second-order valence-electron chi connectivity index (χ2n) is 16.3. The average Bonchev–Trinajstić information content (AvgIpc) is 3.54. The summed E-state index contributed by atoms with van der Waals surface area (Å²) < 4.78 is 3.49. The van der Waals surface area contributed by atoms with Gasteiger partial charge in [-0.3, -0.25) is 19.8 Å². The number of carbonyl (C=O) groups is 2. The molecule has 2 aliphatic carbocycles. The molecule has 4 aliphatic rings. The highest BCUT2D eigenvalue weighted by molar-refractivity contribution is 6.01. The van der Waals surface area contributed by atoms with Gasteiger partial charge >= 0.3 is 0 Å². The Labute approximate surface area is 325 Å². The van der Waals surface area contributed by atoms with Crippen molar-refractivity contribution in [2.75, 3.05) is 48.7 Å². The van der Waals surface area contributed by atoms with Gasteiger partial charge in [-0.25, -0.2) is 14.6 Å². The molecule has 15 heteroatoms. The van der Waals surface area contributed by atoms with E-state index in [4.69, 9.17) is 10.7 Å². The molecule has 4 aromatic heterocycles. The summed E-state index contributed by atoms with van der Waals surface area (Å²) in [4.78, 5) is 38.1. The number of carbonyl (C=O) groups excluding carboxylic acids is 2. The first-order valence-electron chi connectivity index (χ1n) is 19.9. The molecule has 5 aromatic rings. The molecule has 0 bridgehead atoms. The van der Waals surface area contributed by atoms with E-state index in [2.05, 4.69) is 72.2 Å². The monoisotopic (exact) mass is 753 g/mol. The molecular formula is C41H47N13O2. The van der Waals surface area contributed by atoms with Crippen molar-refractivity contribution in [1.29, 1.82) is 5.26 Å². The van der Waals surface area contributed by atoms with Crippen LogP contribution in [0.1, 0.15) is 93.4 Å². The van der Waals surface area contributed by atoms with Crippen LogP contribution in [-0.4, -0.2) is 89.7 Å². The summed E-state index contributed by atoms with van der Waals surface area (Å²) in [6.07, 6.45) is 14.5. The molecule has 6 heterocycles. The second kappa shape index (κ2) is 14.6. The Balaban J connectivity index is 0.783. The number of pyridine rings is 2. The van der Waals surface area contributed by atoms with Gasteiger partial charge in [-0.15, -0.1) is 5.10 Å². The van der Waals surface area contributed by atoms with Crippen LogP contribution < -0.4 is 21.3 Å². The number of nitrogens with zero attached hydrogens (tertiary/aromatic N) is 10. The molecule has 0 spiro atoms. The van der Waals surface area contributed by atoms with Gasteiger partial charge in [-0.2, -0.15) is 15.0 Å².